The monoisotopic (exact) mass is 540 g/mol. The van der Waals surface area contributed by atoms with E-state index in [1.165, 1.54) is 19.2 Å². The zero-order valence-electron chi connectivity index (χ0n) is 22.5. The van der Waals surface area contributed by atoms with Crippen molar-refractivity contribution in [3.63, 3.8) is 0 Å². The topological polar surface area (TPSA) is 101 Å². The van der Waals surface area contributed by atoms with E-state index in [-0.39, 0.29) is 31.1 Å². The smallest absolute Gasteiger partial charge is 0.406 e. The van der Waals surface area contributed by atoms with Crippen molar-refractivity contribution >= 4 is 12.1 Å². The summed E-state index contributed by atoms with van der Waals surface area (Å²) in [6, 6.07) is 3.16. The van der Waals surface area contributed by atoms with Gasteiger partial charge in [-0.3, -0.25) is 0 Å². The minimum absolute atomic E-state index is 0.0339. The van der Waals surface area contributed by atoms with Crippen LogP contribution in [0.15, 0.2) is 18.2 Å². The third-order valence-electron chi connectivity index (χ3n) is 7.14. The number of hydrogen-bond donors (Lipinski definition) is 3. The lowest BCUT2D eigenvalue weighted by atomic mass is 9.88. The lowest BCUT2D eigenvalue weighted by molar-refractivity contribution is -0.00899. The molecule has 1 aromatic carbocycles. The largest absolute Gasteiger partial charge is 0.453 e. The number of alkyl carbamates (subject to hydrolysis) is 1. The Kier molecular flexibility index (Phi) is 12.5. The molecule has 0 bridgehead atoms. The van der Waals surface area contributed by atoms with Gasteiger partial charge in [0.2, 0.25) is 0 Å². The van der Waals surface area contributed by atoms with Gasteiger partial charge in [-0.25, -0.2) is 18.4 Å². The first kappa shape index (κ1) is 30.0. The Balaban J connectivity index is 1.65. The van der Waals surface area contributed by atoms with Crippen molar-refractivity contribution in [2.75, 3.05) is 60.2 Å². The fourth-order valence-electron chi connectivity index (χ4n) is 5.36. The van der Waals surface area contributed by atoms with Crippen LogP contribution in [-0.2, 0) is 14.2 Å². The molecule has 2 saturated heterocycles. The number of methoxy groups -OCH3 is 1. The molecule has 0 aromatic heterocycles. The lowest BCUT2D eigenvalue weighted by Gasteiger charge is -2.38. The molecule has 4 atom stereocenters. The summed E-state index contributed by atoms with van der Waals surface area (Å²) in [5.74, 6) is -1.15. The second-order valence-corrected chi connectivity index (χ2v) is 10.1. The Morgan fingerprint density at radius 2 is 1.95 bits per heavy atom. The standard InChI is InChI=1S/C27H42F2N4O5/c1-30-16-24(12-19-6-3-4-10-37-18-19)32-26(34)33-9-5-7-20(17-33)25(38-11-8-31-27(35)36-2)21-13-22(28)15-23(29)14-21/h13-15,19-20,24-25,30H,3-12,16-18H2,1-2H3,(H,31,35)(H,32,34)/t19-,20-,24+,25-/m1/s1. The van der Waals surface area contributed by atoms with Crippen molar-refractivity contribution < 1.29 is 32.6 Å². The summed E-state index contributed by atoms with van der Waals surface area (Å²) in [4.78, 5) is 26.4. The molecular formula is C27H42F2N4O5. The number of likely N-dealkylation sites (tertiary alicyclic amines) is 1. The van der Waals surface area contributed by atoms with Crippen molar-refractivity contribution in [2.24, 2.45) is 11.8 Å². The molecule has 2 aliphatic rings. The Morgan fingerprint density at radius 3 is 2.68 bits per heavy atom. The van der Waals surface area contributed by atoms with Crippen LogP contribution in [0.1, 0.15) is 50.2 Å². The molecule has 2 heterocycles. The van der Waals surface area contributed by atoms with E-state index < -0.39 is 23.8 Å². The molecule has 3 amide bonds. The van der Waals surface area contributed by atoms with Gasteiger partial charge in [0.25, 0.3) is 0 Å². The van der Waals surface area contributed by atoms with Crippen molar-refractivity contribution in [1.29, 1.82) is 0 Å². The van der Waals surface area contributed by atoms with Crippen LogP contribution in [-0.4, -0.2) is 83.2 Å². The van der Waals surface area contributed by atoms with Crippen molar-refractivity contribution in [2.45, 2.75) is 50.7 Å². The number of amides is 3. The second kappa shape index (κ2) is 15.8. The molecule has 11 heteroatoms. The molecule has 0 radical (unpaired) electrons. The first-order valence-corrected chi connectivity index (χ1v) is 13.6. The van der Waals surface area contributed by atoms with E-state index in [2.05, 4.69) is 20.7 Å². The molecule has 0 spiro atoms. The van der Waals surface area contributed by atoms with Crippen LogP contribution in [0.25, 0.3) is 0 Å². The average molecular weight is 541 g/mol. The van der Waals surface area contributed by atoms with Gasteiger partial charge in [-0.05, 0) is 62.8 Å². The normalized spacial score (nSPS) is 21.7. The quantitative estimate of drug-likeness (QED) is 0.371. The number of carbonyl (C=O) groups is 2. The minimum Gasteiger partial charge on any atom is -0.453 e. The highest BCUT2D eigenvalue weighted by molar-refractivity contribution is 5.74. The maximum Gasteiger partial charge on any atom is 0.406 e. The number of rotatable bonds is 11. The minimum atomic E-state index is -0.691. The van der Waals surface area contributed by atoms with Crippen LogP contribution in [0, 0.1) is 23.5 Å². The van der Waals surface area contributed by atoms with E-state index in [0.717, 1.165) is 57.8 Å². The molecule has 2 fully saturated rings. The van der Waals surface area contributed by atoms with E-state index in [9.17, 15) is 18.4 Å². The molecule has 214 valence electrons. The Bertz CT molecular complexity index is 865. The summed E-state index contributed by atoms with van der Waals surface area (Å²) < 4.78 is 44.5. The summed E-state index contributed by atoms with van der Waals surface area (Å²) in [7, 11) is 3.14. The van der Waals surface area contributed by atoms with Gasteiger partial charge in [0.15, 0.2) is 0 Å². The summed E-state index contributed by atoms with van der Waals surface area (Å²) in [5.41, 5.74) is 0.370. The molecule has 0 unspecified atom stereocenters. The highest BCUT2D eigenvalue weighted by Crippen LogP contribution is 2.34. The van der Waals surface area contributed by atoms with Gasteiger partial charge in [0, 0.05) is 57.4 Å². The fourth-order valence-corrected chi connectivity index (χ4v) is 5.36. The van der Waals surface area contributed by atoms with Crippen LogP contribution in [0.3, 0.4) is 0 Å². The number of benzene rings is 1. The maximum absolute atomic E-state index is 14.1. The number of piperidine rings is 1. The summed E-state index contributed by atoms with van der Waals surface area (Å²) in [5, 5.41) is 8.91. The van der Waals surface area contributed by atoms with Crippen LogP contribution >= 0.6 is 0 Å². The summed E-state index contributed by atoms with van der Waals surface area (Å²) >= 11 is 0. The van der Waals surface area contributed by atoms with Crippen LogP contribution < -0.4 is 16.0 Å². The molecular weight excluding hydrogens is 498 g/mol. The fraction of sp³-hybridized carbons (Fsp3) is 0.704. The van der Waals surface area contributed by atoms with E-state index >= 15 is 0 Å². The third kappa shape index (κ3) is 9.67. The van der Waals surface area contributed by atoms with E-state index in [1.54, 1.807) is 4.90 Å². The van der Waals surface area contributed by atoms with Gasteiger partial charge in [-0.1, -0.05) is 6.42 Å². The zero-order valence-corrected chi connectivity index (χ0v) is 22.5. The number of nitrogens with one attached hydrogen (secondary N) is 3. The Morgan fingerprint density at radius 1 is 1.16 bits per heavy atom. The summed E-state index contributed by atoms with van der Waals surface area (Å²) in [6.07, 6.45) is 4.38. The number of likely N-dealkylation sites (N-methyl/N-ethyl adjacent to an activating group) is 1. The van der Waals surface area contributed by atoms with Gasteiger partial charge in [0.1, 0.15) is 11.6 Å². The number of nitrogens with zero attached hydrogens (tertiary/aromatic N) is 1. The van der Waals surface area contributed by atoms with Crippen molar-refractivity contribution in [3.05, 3.63) is 35.4 Å². The molecule has 3 N–H and O–H groups in total. The van der Waals surface area contributed by atoms with E-state index in [4.69, 9.17) is 9.47 Å². The van der Waals surface area contributed by atoms with Crippen LogP contribution in [0.5, 0.6) is 0 Å². The predicted molar refractivity (Wildman–Crippen MR) is 139 cm³/mol. The van der Waals surface area contributed by atoms with Gasteiger partial charge in [-0.2, -0.15) is 0 Å². The molecule has 0 saturated carbocycles. The zero-order chi connectivity index (χ0) is 27.3. The van der Waals surface area contributed by atoms with Gasteiger partial charge < -0.3 is 35.1 Å². The SMILES string of the molecule is CNC[C@H](C[C@H]1CCCCOC1)NC(=O)N1CCC[C@@H]([C@@H](OCCNC(=O)OC)c2cc(F)cc(F)c2)C1. The predicted octanol–water partition coefficient (Wildman–Crippen LogP) is 3.59. The first-order chi connectivity index (χ1) is 18.4. The molecule has 3 rings (SSSR count). The molecule has 0 aliphatic carbocycles. The number of urea groups is 1. The lowest BCUT2D eigenvalue weighted by Crippen LogP contribution is -2.52. The molecule has 1 aromatic rings. The van der Waals surface area contributed by atoms with Gasteiger partial charge >= 0.3 is 12.1 Å². The van der Waals surface area contributed by atoms with Gasteiger partial charge in [-0.15, -0.1) is 0 Å². The Labute approximate surface area is 223 Å². The molecule has 9 nitrogen and oxygen atoms in total. The second-order valence-electron chi connectivity index (χ2n) is 10.1. The van der Waals surface area contributed by atoms with Crippen LogP contribution in [0.4, 0.5) is 18.4 Å². The van der Waals surface area contributed by atoms with Crippen molar-refractivity contribution in [1.82, 2.24) is 20.9 Å². The number of halogens is 2. The molecule has 38 heavy (non-hydrogen) atoms. The third-order valence-corrected chi connectivity index (χ3v) is 7.14. The van der Waals surface area contributed by atoms with E-state index in [0.29, 0.717) is 31.1 Å². The number of hydrogen-bond acceptors (Lipinski definition) is 6. The summed E-state index contributed by atoms with van der Waals surface area (Å²) in [6.45, 7) is 3.44. The highest BCUT2D eigenvalue weighted by Gasteiger charge is 2.32. The number of carbonyl (C=O) groups excluding carboxylic acids is 2. The molecule has 2 aliphatic heterocycles. The maximum atomic E-state index is 14.1. The first-order valence-electron chi connectivity index (χ1n) is 13.6. The highest BCUT2D eigenvalue weighted by atomic mass is 19.1. The van der Waals surface area contributed by atoms with Crippen molar-refractivity contribution in [3.8, 4) is 0 Å². The van der Waals surface area contributed by atoms with E-state index in [1.807, 2.05) is 7.05 Å². The average Bonchev–Trinajstić information content (AvgIpc) is 3.16. The van der Waals surface area contributed by atoms with Crippen LogP contribution in [0.2, 0.25) is 0 Å². The Hall–Kier alpha value is -2.50. The number of ether oxygens (including phenoxy) is 3. The van der Waals surface area contributed by atoms with Gasteiger partial charge in [0.05, 0.1) is 19.8 Å².